The summed E-state index contributed by atoms with van der Waals surface area (Å²) in [7, 11) is -2.10. The van der Waals surface area contributed by atoms with Gasteiger partial charge < -0.3 is 10.4 Å². The lowest BCUT2D eigenvalue weighted by Crippen LogP contribution is -2.39. The van der Waals surface area contributed by atoms with Gasteiger partial charge in [0.05, 0.1) is 11.0 Å². The van der Waals surface area contributed by atoms with Crippen LogP contribution in [-0.4, -0.2) is 44.1 Å². The first-order valence-electron chi connectivity index (χ1n) is 7.85. The number of aryl methyl sites for hydroxylation is 1. The number of hydrogen-bond donors (Lipinski definition) is 2. The van der Waals surface area contributed by atoms with Crippen LogP contribution in [0, 0.1) is 6.92 Å². The lowest BCUT2D eigenvalue weighted by atomic mass is 10.2. The molecule has 24 heavy (non-hydrogen) atoms. The van der Waals surface area contributed by atoms with Crippen molar-refractivity contribution in [2.75, 3.05) is 20.1 Å². The molecule has 0 radical (unpaired) electrons. The minimum atomic E-state index is -3.58. The van der Waals surface area contributed by atoms with Crippen LogP contribution in [0.4, 0.5) is 0 Å². The van der Waals surface area contributed by atoms with E-state index >= 15 is 0 Å². The predicted octanol–water partition coefficient (Wildman–Crippen LogP) is 1.77. The van der Waals surface area contributed by atoms with Crippen molar-refractivity contribution in [2.24, 2.45) is 0 Å². The van der Waals surface area contributed by atoms with Gasteiger partial charge in [-0.1, -0.05) is 48.0 Å². The second-order valence-electron chi connectivity index (χ2n) is 5.87. The maximum absolute atomic E-state index is 12.5. The van der Waals surface area contributed by atoms with Crippen LogP contribution in [0.1, 0.15) is 11.1 Å². The summed E-state index contributed by atoms with van der Waals surface area (Å²) < 4.78 is 26.1. The molecular formula is C18H24N2O3S. The highest BCUT2D eigenvalue weighted by atomic mass is 32.2. The molecule has 1 atom stereocenters. The van der Waals surface area contributed by atoms with E-state index in [1.807, 2.05) is 37.3 Å². The minimum Gasteiger partial charge on any atom is -0.390 e. The largest absolute Gasteiger partial charge is 0.390 e. The smallest absolute Gasteiger partial charge is 0.242 e. The third-order valence-corrected chi connectivity index (χ3v) is 5.59. The molecule has 6 heteroatoms. The van der Waals surface area contributed by atoms with Crippen molar-refractivity contribution in [2.45, 2.75) is 24.5 Å². The molecule has 130 valence electrons. The number of likely N-dealkylation sites (N-methyl/N-ethyl adjacent to an activating group) is 1. The van der Waals surface area contributed by atoms with Crippen LogP contribution in [0.2, 0.25) is 0 Å². The van der Waals surface area contributed by atoms with Gasteiger partial charge in [-0.05, 0) is 24.6 Å². The van der Waals surface area contributed by atoms with Crippen LogP contribution < -0.4 is 5.32 Å². The Hall–Kier alpha value is -1.73. The van der Waals surface area contributed by atoms with Crippen LogP contribution in [-0.2, 0) is 16.6 Å². The Morgan fingerprint density at radius 1 is 1.08 bits per heavy atom. The molecule has 2 aromatic carbocycles. The summed E-state index contributed by atoms with van der Waals surface area (Å²) >= 11 is 0. The number of hydrogen-bond acceptors (Lipinski definition) is 4. The monoisotopic (exact) mass is 348 g/mol. The lowest BCUT2D eigenvalue weighted by Gasteiger charge is -2.21. The molecule has 0 aliphatic heterocycles. The van der Waals surface area contributed by atoms with Gasteiger partial charge in [0, 0.05) is 26.7 Å². The van der Waals surface area contributed by atoms with Gasteiger partial charge in [-0.3, -0.25) is 0 Å². The van der Waals surface area contributed by atoms with Gasteiger partial charge in [-0.15, -0.1) is 0 Å². The Bertz CT molecular complexity index is 731. The SMILES string of the molecule is Cc1ccc(S(=O)(=O)N(C)CC(O)CNCc2ccccc2)cc1. The van der Waals surface area contributed by atoms with Gasteiger partial charge in [0.25, 0.3) is 0 Å². The van der Waals surface area contributed by atoms with Gasteiger partial charge >= 0.3 is 0 Å². The number of nitrogens with one attached hydrogen (secondary N) is 1. The van der Waals surface area contributed by atoms with E-state index in [1.54, 1.807) is 24.3 Å². The number of aliphatic hydroxyl groups excluding tert-OH is 1. The van der Waals surface area contributed by atoms with Crippen LogP contribution >= 0.6 is 0 Å². The molecule has 2 aromatic rings. The zero-order valence-electron chi connectivity index (χ0n) is 14.0. The van der Waals surface area contributed by atoms with E-state index in [4.69, 9.17) is 0 Å². The highest BCUT2D eigenvalue weighted by molar-refractivity contribution is 7.89. The molecule has 0 aliphatic carbocycles. The topological polar surface area (TPSA) is 69.6 Å². The van der Waals surface area contributed by atoms with Crippen LogP contribution in [0.5, 0.6) is 0 Å². The van der Waals surface area contributed by atoms with E-state index < -0.39 is 16.1 Å². The molecule has 0 spiro atoms. The summed E-state index contributed by atoms with van der Waals surface area (Å²) in [5.74, 6) is 0. The van der Waals surface area contributed by atoms with Crippen molar-refractivity contribution in [3.63, 3.8) is 0 Å². The second kappa shape index (κ2) is 8.39. The maximum atomic E-state index is 12.5. The van der Waals surface area contributed by atoms with Crippen molar-refractivity contribution in [1.82, 2.24) is 9.62 Å². The van der Waals surface area contributed by atoms with Crippen molar-refractivity contribution in [1.29, 1.82) is 0 Å². The zero-order valence-corrected chi connectivity index (χ0v) is 14.8. The quantitative estimate of drug-likeness (QED) is 0.763. The van der Waals surface area contributed by atoms with Gasteiger partial charge in [-0.2, -0.15) is 4.31 Å². The maximum Gasteiger partial charge on any atom is 0.242 e. The Kier molecular flexibility index (Phi) is 6.51. The highest BCUT2D eigenvalue weighted by Gasteiger charge is 2.22. The summed E-state index contributed by atoms with van der Waals surface area (Å²) in [4.78, 5) is 0.236. The van der Waals surface area contributed by atoms with Gasteiger partial charge in [-0.25, -0.2) is 8.42 Å². The van der Waals surface area contributed by atoms with E-state index in [-0.39, 0.29) is 11.4 Å². The van der Waals surface area contributed by atoms with Crippen molar-refractivity contribution >= 4 is 10.0 Å². The average molecular weight is 348 g/mol. The summed E-state index contributed by atoms with van der Waals surface area (Å²) in [6.45, 7) is 2.90. The van der Waals surface area contributed by atoms with Crippen LogP contribution in [0.25, 0.3) is 0 Å². The van der Waals surface area contributed by atoms with Gasteiger partial charge in [0.1, 0.15) is 0 Å². The molecule has 0 saturated carbocycles. The van der Waals surface area contributed by atoms with Crippen molar-refractivity contribution in [3.05, 3.63) is 65.7 Å². The lowest BCUT2D eigenvalue weighted by molar-refractivity contribution is 0.150. The number of sulfonamides is 1. The van der Waals surface area contributed by atoms with Crippen molar-refractivity contribution in [3.8, 4) is 0 Å². The predicted molar refractivity (Wildman–Crippen MR) is 95.2 cm³/mol. The fraction of sp³-hybridized carbons (Fsp3) is 0.333. The van der Waals surface area contributed by atoms with Gasteiger partial charge in [0.2, 0.25) is 10.0 Å². The van der Waals surface area contributed by atoms with E-state index in [1.165, 1.54) is 11.4 Å². The molecule has 0 amide bonds. The Morgan fingerprint density at radius 2 is 1.71 bits per heavy atom. The summed E-state index contributed by atoms with van der Waals surface area (Å²) in [6.07, 6.45) is -0.779. The van der Waals surface area contributed by atoms with Crippen LogP contribution in [0.15, 0.2) is 59.5 Å². The molecule has 0 fully saturated rings. The minimum absolute atomic E-state index is 0.0397. The molecule has 0 aromatic heterocycles. The standard InChI is InChI=1S/C18H24N2O3S/c1-15-8-10-18(11-9-15)24(22,23)20(2)14-17(21)13-19-12-16-6-4-3-5-7-16/h3-11,17,19,21H,12-14H2,1-2H3. The Morgan fingerprint density at radius 3 is 2.33 bits per heavy atom. The van der Waals surface area contributed by atoms with E-state index in [9.17, 15) is 13.5 Å². The number of rotatable bonds is 8. The summed E-state index contributed by atoms with van der Waals surface area (Å²) in [6, 6.07) is 16.5. The molecular weight excluding hydrogens is 324 g/mol. The van der Waals surface area contributed by atoms with E-state index in [0.717, 1.165) is 11.1 Å². The number of aliphatic hydroxyl groups is 1. The molecule has 2 rings (SSSR count). The molecule has 0 heterocycles. The molecule has 5 nitrogen and oxygen atoms in total. The summed E-state index contributed by atoms with van der Waals surface area (Å²) in [5, 5.41) is 13.2. The van der Waals surface area contributed by atoms with Crippen LogP contribution in [0.3, 0.4) is 0 Å². The molecule has 2 N–H and O–H groups in total. The molecule has 1 unspecified atom stereocenters. The van der Waals surface area contributed by atoms with E-state index in [0.29, 0.717) is 13.1 Å². The Labute approximate surface area is 144 Å². The average Bonchev–Trinajstić information content (AvgIpc) is 2.56. The molecule has 0 saturated heterocycles. The normalized spacial score (nSPS) is 13.2. The molecule has 0 bridgehead atoms. The van der Waals surface area contributed by atoms with Crippen molar-refractivity contribution < 1.29 is 13.5 Å². The fourth-order valence-corrected chi connectivity index (χ4v) is 3.54. The first-order valence-corrected chi connectivity index (χ1v) is 9.29. The molecule has 0 aliphatic rings. The number of nitrogens with zero attached hydrogens (tertiary/aromatic N) is 1. The second-order valence-corrected chi connectivity index (χ2v) is 7.91. The third kappa shape index (κ3) is 5.14. The summed E-state index contributed by atoms with van der Waals surface area (Å²) in [5.41, 5.74) is 2.12. The highest BCUT2D eigenvalue weighted by Crippen LogP contribution is 2.15. The number of benzene rings is 2. The Balaban J connectivity index is 1.86. The van der Waals surface area contributed by atoms with Gasteiger partial charge in [0.15, 0.2) is 0 Å². The fourth-order valence-electron chi connectivity index (χ4n) is 2.33. The zero-order chi connectivity index (χ0) is 17.6. The third-order valence-electron chi connectivity index (χ3n) is 3.75. The first kappa shape index (κ1) is 18.6. The van der Waals surface area contributed by atoms with E-state index in [2.05, 4.69) is 5.32 Å². The first-order chi connectivity index (χ1) is 11.4.